The Balaban J connectivity index is 1.61. The maximum atomic E-state index is 12.7. The summed E-state index contributed by atoms with van der Waals surface area (Å²) in [5, 5.41) is 7.10. The lowest BCUT2D eigenvalue weighted by atomic mass is 10.2. The second-order valence-electron chi connectivity index (χ2n) is 7.28. The van der Waals surface area contributed by atoms with E-state index < -0.39 is 10.2 Å². The Labute approximate surface area is 187 Å². The summed E-state index contributed by atoms with van der Waals surface area (Å²) in [7, 11) is -0.449. The average molecular weight is 469 g/mol. The van der Waals surface area contributed by atoms with E-state index in [-0.39, 0.29) is 25.4 Å². The fourth-order valence-corrected chi connectivity index (χ4v) is 4.69. The zero-order chi connectivity index (χ0) is 22.6. The van der Waals surface area contributed by atoms with Crippen LogP contribution in [0.2, 0.25) is 0 Å². The van der Waals surface area contributed by atoms with Crippen molar-refractivity contribution in [2.24, 2.45) is 0 Å². The number of rotatable bonds is 8. The van der Waals surface area contributed by atoms with Gasteiger partial charge in [0, 0.05) is 58.8 Å². The third-order valence-corrected chi connectivity index (χ3v) is 7.36. The number of aromatic nitrogens is 3. The number of H-pyrrole nitrogens is 1. The van der Waals surface area contributed by atoms with Gasteiger partial charge in [0.2, 0.25) is 5.91 Å². The van der Waals surface area contributed by atoms with Gasteiger partial charge >= 0.3 is 0 Å². The van der Waals surface area contributed by atoms with Gasteiger partial charge in [0.25, 0.3) is 10.2 Å². The molecule has 2 aromatic rings. The Morgan fingerprint density at radius 2 is 1.84 bits per heavy atom. The van der Waals surface area contributed by atoms with Crippen molar-refractivity contribution in [3.63, 3.8) is 0 Å². The second kappa shape index (κ2) is 9.90. The molecule has 0 radical (unpaired) electrons. The van der Waals surface area contributed by atoms with Crippen molar-refractivity contribution >= 4 is 28.3 Å². The van der Waals surface area contributed by atoms with Gasteiger partial charge in [0.15, 0.2) is 10.6 Å². The molecule has 1 aliphatic heterocycles. The molecular formula is C19H28N6O4S2. The first kappa shape index (κ1) is 23.4. The Morgan fingerprint density at radius 1 is 1.19 bits per heavy atom. The summed E-state index contributed by atoms with van der Waals surface area (Å²) in [5.74, 6) is 1.39. The molecule has 1 saturated heterocycles. The van der Waals surface area contributed by atoms with Gasteiger partial charge in [0.05, 0.1) is 6.61 Å². The molecular weight excluding hydrogens is 440 g/mol. The van der Waals surface area contributed by atoms with Crippen LogP contribution < -0.4 is 4.74 Å². The van der Waals surface area contributed by atoms with Gasteiger partial charge in [-0.2, -0.15) is 22.1 Å². The van der Waals surface area contributed by atoms with E-state index in [1.165, 1.54) is 22.7 Å². The molecule has 0 bridgehead atoms. The van der Waals surface area contributed by atoms with Crippen molar-refractivity contribution in [1.82, 2.24) is 28.3 Å². The smallest absolute Gasteiger partial charge is 0.281 e. The van der Waals surface area contributed by atoms with E-state index in [1.807, 2.05) is 31.2 Å². The normalized spacial score (nSPS) is 15.4. The van der Waals surface area contributed by atoms with Crippen LogP contribution in [-0.2, 0) is 21.5 Å². The largest absolute Gasteiger partial charge is 0.494 e. The number of amides is 1. The van der Waals surface area contributed by atoms with Crippen molar-refractivity contribution in [2.45, 2.75) is 19.9 Å². The highest BCUT2D eigenvalue weighted by molar-refractivity contribution is 7.86. The molecule has 1 amide bonds. The van der Waals surface area contributed by atoms with Crippen LogP contribution in [0, 0.1) is 4.77 Å². The van der Waals surface area contributed by atoms with Gasteiger partial charge in [-0.05, 0) is 43.4 Å². The predicted octanol–water partition coefficient (Wildman–Crippen LogP) is 1.35. The van der Waals surface area contributed by atoms with Crippen molar-refractivity contribution in [3.8, 4) is 17.1 Å². The van der Waals surface area contributed by atoms with Gasteiger partial charge < -0.3 is 9.64 Å². The molecule has 0 aliphatic carbocycles. The first-order valence-corrected chi connectivity index (χ1v) is 11.9. The van der Waals surface area contributed by atoms with Crippen molar-refractivity contribution in [2.75, 3.05) is 46.9 Å². The number of hydrogen-bond acceptors (Lipinski definition) is 6. The average Bonchev–Trinajstić information content (AvgIpc) is 3.13. The molecule has 0 spiro atoms. The molecule has 31 heavy (non-hydrogen) atoms. The molecule has 0 atom stereocenters. The molecule has 3 rings (SSSR count). The zero-order valence-electron chi connectivity index (χ0n) is 17.9. The van der Waals surface area contributed by atoms with Gasteiger partial charge in [-0.3, -0.25) is 14.5 Å². The lowest BCUT2D eigenvalue weighted by molar-refractivity contribution is -0.132. The zero-order valence-corrected chi connectivity index (χ0v) is 19.6. The summed E-state index contributed by atoms with van der Waals surface area (Å²) < 4.78 is 34.7. The van der Waals surface area contributed by atoms with Crippen molar-refractivity contribution < 1.29 is 17.9 Å². The Kier molecular flexibility index (Phi) is 7.46. The molecule has 2 heterocycles. The summed E-state index contributed by atoms with van der Waals surface area (Å²) in [6.45, 7) is 4.21. The number of ether oxygens (including phenoxy) is 1. The molecule has 0 saturated carbocycles. The highest BCUT2D eigenvalue weighted by Crippen LogP contribution is 2.21. The summed E-state index contributed by atoms with van der Waals surface area (Å²) in [4.78, 5) is 14.4. The SMILES string of the molecule is CCOc1ccc(-c2n[nH]c(=S)n2CCC(=O)N2CCN(S(=O)(=O)N(C)C)CC2)cc1. The van der Waals surface area contributed by atoms with Crippen LogP contribution in [0.1, 0.15) is 13.3 Å². The quantitative estimate of drug-likeness (QED) is 0.587. The molecule has 1 N–H and O–H groups in total. The van der Waals surface area contributed by atoms with Crippen LogP contribution in [0.3, 0.4) is 0 Å². The van der Waals surface area contributed by atoms with Gasteiger partial charge in [-0.25, -0.2) is 0 Å². The van der Waals surface area contributed by atoms with Crippen LogP contribution in [-0.4, -0.2) is 89.5 Å². The lowest BCUT2D eigenvalue weighted by Crippen LogP contribution is -2.53. The molecule has 170 valence electrons. The van der Waals surface area contributed by atoms with Crippen molar-refractivity contribution in [1.29, 1.82) is 0 Å². The summed E-state index contributed by atoms with van der Waals surface area (Å²) in [5.41, 5.74) is 0.866. The van der Waals surface area contributed by atoms with Crippen LogP contribution in [0.4, 0.5) is 0 Å². The van der Waals surface area contributed by atoms with Crippen LogP contribution in [0.25, 0.3) is 11.4 Å². The maximum Gasteiger partial charge on any atom is 0.281 e. The number of nitrogens with one attached hydrogen (secondary N) is 1. The fourth-order valence-electron chi connectivity index (χ4n) is 3.38. The van der Waals surface area contributed by atoms with Crippen LogP contribution >= 0.6 is 12.2 Å². The van der Waals surface area contributed by atoms with Crippen LogP contribution in [0.5, 0.6) is 5.75 Å². The minimum absolute atomic E-state index is 0.0392. The molecule has 1 aromatic heterocycles. The summed E-state index contributed by atoms with van der Waals surface area (Å²) >= 11 is 5.35. The Bertz CT molecular complexity index is 1050. The molecule has 1 aromatic carbocycles. The van der Waals surface area contributed by atoms with E-state index in [0.717, 1.165) is 11.3 Å². The fraction of sp³-hybridized carbons (Fsp3) is 0.526. The molecule has 10 nitrogen and oxygen atoms in total. The van der Waals surface area contributed by atoms with Gasteiger partial charge in [-0.1, -0.05) is 0 Å². The number of carbonyl (C=O) groups excluding carboxylic acids is 1. The highest BCUT2D eigenvalue weighted by Gasteiger charge is 2.30. The molecule has 1 aliphatic rings. The topological polar surface area (TPSA) is 104 Å². The van der Waals surface area contributed by atoms with Crippen LogP contribution in [0.15, 0.2) is 24.3 Å². The number of benzene rings is 1. The minimum Gasteiger partial charge on any atom is -0.494 e. The van der Waals surface area contributed by atoms with Gasteiger partial charge in [-0.15, -0.1) is 0 Å². The number of carbonyl (C=O) groups is 1. The molecule has 1 fully saturated rings. The number of aromatic amines is 1. The second-order valence-corrected chi connectivity index (χ2v) is 9.81. The van der Waals surface area contributed by atoms with E-state index in [9.17, 15) is 13.2 Å². The van der Waals surface area contributed by atoms with E-state index in [2.05, 4.69) is 10.2 Å². The number of piperazine rings is 1. The predicted molar refractivity (Wildman–Crippen MR) is 119 cm³/mol. The third-order valence-electron chi connectivity index (χ3n) is 5.11. The number of nitrogens with zero attached hydrogens (tertiary/aromatic N) is 5. The van der Waals surface area contributed by atoms with E-state index in [4.69, 9.17) is 17.0 Å². The van der Waals surface area contributed by atoms with Crippen molar-refractivity contribution in [3.05, 3.63) is 29.0 Å². The Hall–Kier alpha value is -2.28. The van der Waals surface area contributed by atoms with Gasteiger partial charge in [0.1, 0.15) is 5.75 Å². The standard InChI is InChI=1S/C19H28N6O4S2/c1-4-29-16-7-5-15(6-8-16)18-20-21-19(30)25(18)10-9-17(26)23-11-13-24(14-12-23)31(27,28)22(2)3/h5-8H,4,9-14H2,1-3H3,(H,21,30). The molecule has 0 unspecified atom stereocenters. The first-order chi connectivity index (χ1) is 14.7. The maximum absolute atomic E-state index is 12.7. The van der Waals surface area contributed by atoms with E-state index in [0.29, 0.717) is 36.8 Å². The molecule has 12 heteroatoms. The Morgan fingerprint density at radius 3 is 2.42 bits per heavy atom. The lowest BCUT2D eigenvalue weighted by Gasteiger charge is -2.35. The minimum atomic E-state index is -3.46. The summed E-state index contributed by atoms with van der Waals surface area (Å²) in [6, 6.07) is 7.54. The number of hydrogen-bond donors (Lipinski definition) is 1. The van der Waals surface area contributed by atoms with E-state index >= 15 is 0 Å². The first-order valence-electron chi connectivity index (χ1n) is 10.1. The summed E-state index contributed by atoms with van der Waals surface area (Å²) in [6.07, 6.45) is 0.248. The van der Waals surface area contributed by atoms with E-state index in [1.54, 1.807) is 9.47 Å². The third kappa shape index (κ3) is 5.32. The highest BCUT2D eigenvalue weighted by atomic mass is 32.2. The monoisotopic (exact) mass is 468 g/mol.